The molecule has 12 heteroatoms. The fourth-order valence-corrected chi connectivity index (χ4v) is 4.83. The number of nitrogens with zero attached hydrogens (tertiary/aromatic N) is 6. The summed E-state index contributed by atoms with van der Waals surface area (Å²) in [5.41, 5.74) is 3.36. The molecular formula is C24H27F4N7O. The maximum atomic E-state index is 14.7. The van der Waals surface area contributed by atoms with Crippen molar-refractivity contribution in [1.29, 1.82) is 0 Å². The molecule has 0 spiro atoms. The second-order valence-electron chi connectivity index (χ2n) is 8.88. The van der Waals surface area contributed by atoms with E-state index < -0.39 is 31.9 Å². The summed E-state index contributed by atoms with van der Waals surface area (Å²) in [4.78, 5) is 10.6. The molecule has 1 fully saturated rings. The summed E-state index contributed by atoms with van der Waals surface area (Å²) in [6.07, 6.45) is -1.46. The quantitative estimate of drug-likeness (QED) is 0.363. The minimum absolute atomic E-state index is 0.152. The molecule has 4 heterocycles. The van der Waals surface area contributed by atoms with Crippen LogP contribution in [-0.4, -0.2) is 81.1 Å². The second kappa shape index (κ2) is 9.92. The number of methoxy groups -OCH3 is 1. The van der Waals surface area contributed by atoms with Gasteiger partial charge in [0.15, 0.2) is 0 Å². The predicted octanol–water partition coefficient (Wildman–Crippen LogP) is 4.12. The number of aryl methyl sites for hydroxylation is 1. The number of halogens is 4. The number of aromatic nitrogens is 5. The normalized spacial score (nSPS) is 19.0. The number of alkyl halides is 4. The molecule has 1 N–H and O–H groups in total. The highest BCUT2D eigenvalue weighted by atomic mass is 19.3. The van der Waals surface area contributed by atoms with Crippen molar-refractivity contribution >= 4 is 22.5 Å². The van der Waals surface area contributed by atoms with E-state index in [9.17, 15) is 17.6 Å². The van der Waals surface area contributed by atoms with Gasteiger partial charge in [0.25, 0.3) is 6.43 Å². The average Bonchev–Trinajstić information content (AvgIpc) is 3.41. The van der Waals surface area contributed by atoms with Gasteiger partial charge < -0.3 is 14.6 Å². The molecule has 4 aromatic rings. The van der Waals surface area contributed by atoms with Crippen LogP contribution in [0, 0.1) is 6.92 Å². The number of hydrogen-bond acceptors (Lipinski definition) is 6. The van der Waals surface area contributed by atoms with Gasteiger partial charge in [-0.2, -0.15) is 4.98 Å². The SMILES string of the molecule is COc1nc(N[C@@H]2CCN(CCF)C[C@@H]2F)nn2ccc(-c3ccc4nc(C)n(CC(F)F)c4c3)c12. The first kappa shape index (κ1) is 24.3. The predicted molar refractivity (Wildman–Crippen MR) is 128 cm³/mol. The molecular weight excluding hydrogens is 478 g/mol. The first-order chi connectivity index (χ1) is 17.4. The van der Waals surface area contributed by atoms with E-state index in [1.54, 1.807) is 28.6 Å². The van der Waals surface area contributed by atoms with Gasteiger partial charge in [-0.3, -0.25) is 4.90 Å². The van der Waals surface area contributed by atoms with Crippen molar-refractivity contribution in [3.63, 3.8) is 0 Å². The molecule has 1 saturated heterocycles. The van der Waals surface area contributed by atoms with Crippen LogP contribution in [0.5, 0.6) is 5.88 Å². The minimum Gasteiger partial charge on any atom is -0.479 e. The van der Waals surface area contributed by atoms with Crippen LogP contribution in [0.3, 0.4) is 0 Å². The van der Waals surface area contributed by atoms with Crippen molar-refractivity contribution in [1.82, 2.24) is 29.0 Å². The number of piperidine rings is 1. The fourth-order valence-electron chi connectivity index (χ4n) is 4.83. The Kier molecular flexibility index (Phi) is 6.69. The van der Waals surface area contributed by atoms with Gasteiger partial charge in [-0.25, -0.2) is 27.1 Å². The smallest absolute Gasteiger partial charge is 0.256 e. The lowest BCUT2D eigenvalue weighted by molar-refractivity contribution is 0.120. The van der Waals surface area contributed by atoms with Gasteiger partial charge in [0.2, 0.25) is 11.8 Å². The molecule has 0 unspecified atom stereocenters. The molecule has 3 aromatic heterocycles. The van der Waals surface area contributed by atoms with E-state index in [1.807, 2.05) is 18.2 Å². The van der Waals surface area contributed by atoms with Crippen LogP contribution >= 0.6 is 0 Å². The minimum atomic E-state index is -2.50. The Morgan fingerprint density at radius 2 is 2.06 bits per heavy atom. The molecule has 8 nitrogen and oxygen atoms in total. The summed E-state index contributed by atoms with van der Waals surface area (Å²) in [7, 11) is 1.49. The number of nitrogens with one attached hydrogen (secondary N) is 1. The molecule has 0 bridgehead atoms. The Hall–Kier alpha value is -3.41. The van der Waals surface area contributed by atoms with E-state index in [-0.39, 0.29) is 24.9 Å². The van der Waals surface area contributed by atoms with Crippen LogP contribution in [0.25, 0.3) is 27.7 Å². The summed E-state index contributed by atoms with van der Waals surface area (Å²) in [5, 5.41) is 7.56. The maximum absolute atomic E-state index is 14.7. The molecule has 0 radical (unpaired) electrons. The first-order valence-corrected chi connectivity index (χ1v) is 11.8. The largest absolute Gasteiger partial charge is 0.479 e. The molecule has 0 aliphatic carbocycles. The lowest BCUT2D eigenvalue weighted by atomic mass is 10.0. The first-order valence-electron chi connectivity index (χ1n) is 11.8. The van der Waals surface area contributed by atoms with E-state index >= 15 is 0 Å². The van der Waals surface area contributed by atoms with Gasteiger partial charge in [-0.1, -0.05) is 6.07 Å². The van der Waals surface area contributed by atoms with Crippen LogP contribution < -0.4 is 10.1 Å². The van der Waals surface area contributed by atoms with E-state index in [2.05, 4.69) is 20.4 Å². The molecule has 0 amide bonds. The molecule has 192 valence electrons. The van der Waals surface area contributed by atoms with Crippen molar-refractivity contribution < 1.29 is 22.3 Å². The molecule has 0 saturated carbocycles. The van der Waals surface area contributed by atoms with Gasteiger partial charge >= 0.3 is 0 Å². The van der Waals surface area contributed by atoms with Crippen LogP contribution in [0.15, 0.2) is 30.5 Å². The molecule has 2 atom stereocenters. The van der Waals surface area contributed by atoms with Gasteiger partial charge in [-0.15, -0.1) is 5.10 Å². The number of fused-ring (bicyclic) bond motifs is 2. The molecule has 1 aromatic carbocycles. The van der Waals surface area contributed by atoms with E-state index in [0.717, 1.165) is 11.1 Å². The number of imidazole rings is 1. The number of anilines is 1. The van der Waals surface area contributed by atoms with Crippen LogP contribution in [0.4, 0.5) is 23.5 Å². The van der Waals surface area contributed by atoms with E-state index in [4.69, 9.17) is 4.74 Å². The van der Waals surface area contributed by atoms with Crippen molar-refractivity contribution in [2.75, 3.05) is 38.7 Å². The number of ether oxygens (including phenoxy) is 1. The van der Waals surface area contributed by atoms with Gasteiger partial charge in [0, 0.05) is 31.4 Å². The highest BCUT2D eigenvalue weighted by molar-refractivity contribution is 5.89. The van der Waals surface area contributed by atoms with E-state index in [1.165, 1.54) is 11.7 Å². The molecule has 1 aliphatic rings. The molecule has 5 rings (SSSR count). The monoisotopic (exact) mass is 505 g/mol. The molecule has 1 aliphatic heterocycles. The lowest BCUT2D eigenvalue weighted by Crippen LogP contribution is -2.48. The Morgan fingerprint density at radius 3 is 2.78 bits per heavy atom. The zero-order chi connectivity index (χ0) is 25.4. The second-order valence-corrected chi connectivity index (χ2v) is 8.88. The maximum Gasteiger partial charge on any atom is 0.256 e. The van der Waals surface area contributed by atoms with Crippen LogP contribution in [-0.2, 0) is 6.54 Å². The Labute approximate surface area is 204 Å². The van der Waals surface area contributed by atoms with Crippen LogP contribution in [0.1, 0.15) is 12.2 Å². The zero-order valence-corrected chi connectivity index (χ0v) is 20.0. The summed E-state index contributed by atoms with van der Waals surface area (Å²) in [6.45, 7) is 1.72. The third kappa shape index (κ3) is 4.57. The summed E-state index contributed by atoms with van der Waals surface area (Å²) in [5.74, 6) is 1.02. The number of rotatable bonds is 8. The van der Waals surface area contributed by atoms with E-state index in [0.29, 0.717) is 35.3 Å². The van der Waals surface area contributed by atoms with Crippen molar-refractivity contribution in [2.45, 2.75) is 38.5 Å². The number of benzene rings is 1. The van der Waals surface area contributed by atoms with Gasteiger partial charge in [0.05, 0.1) is 30.7 Å². The number of hydrogen-bond donors (Lipinski definition) is 1. The average molecular weight is 506 g/mol. The third-order valence-corrected chi connectivity index (χ3v) is 6.58. The lowest BCUT2D eigenvalue weighted by Gasteiger charge is -2.34. The summed E-state index contributed by atoms with van der Waals surface area (Å²) < 4.78 is 62.2. The van der Waals surface area contributed by atoms with Crippen LogP contribution in [0.2, 0.25) is 0 Å². The Morgan fingerprint density at radius 1 is 1.22 bits per heavy atom. The zero-order valence-electron chi connectivity index (χ0n) is 20.0. The Bertz CT molecular complexity index is 1370. The van der Waals surface area contributed by atoms with Gasteiger partial charge in [-0.05, 0) is 37.1 Å². The number of likely N-dealkylation sites (tertiary alicyclic amines) is 1. The Balaban J connectivity index is 1.47. The summed E-state index contributed by atoms with van der Waals surface area (Å²) >= 11 is 0. The van der Waals surface area contributed by atoms with Crippen molar-refractivity contribution in [3.8, 4) is 17.0 Å². The van der Waals surface area contributed by atoms with Crippen molar-refractivity contribution in [2.24, 2.45) is 0 Å². The standard InChI is InChI=1S/C24H27F4N7O/c1-14-29-19-4-3-15(11-20(19)34(14)13-21(27)28)16-5-9-35-22(16)23(36-2)31-24(32-35)30-18-6-8-33(10-7-25)12-17(18)26/h3-5,9,11,17-18,21H,6-8,10,12-13H2,1-2H3,(H,30,32)/t17-,18+/m0/s1. The molecule has 36 heavy (non-hydrogen) atoms. The van der Waals surface area contributed by atoms with Gasteiger partial charge in [0.1, 0.15) is 24.2 Å². The third-order valence-electron chi connectivity index (χ3n) is 6.58. The van der Waals surface area contributed by atoms with Crippen molar-refractivity contribution in [3.05, 3.63) is 36.3 Å². The highest BCUT2D eigenvalue weighted by Crippen LogP contribution is 2.33. The fraction of sp³-hybridized carbons (Fsp3) is 0.458. The highest BCUT2D eigenvalue weighted by Gasteiger charge is 2.30. The topological polar surface area (TPSA) is 72.5 Å². The summed E-state index contributed by atoms with van der Waals surface area (Å²) in [6, 6.07) is 6.81.